The van der Waals surface area contributed by atoms with Gasteiger partial charge in [-0.05, 0) is 48.4 Å². The molecule has 0 saturated heterocycles. The lowest BCUT2D eigenvalue weighted by molar-refractivity contribution is 0.0915. The van der Waals surface area contributed by atoms with Crippen molar-refractivity contribution in [2.45, 2.75) is 13.0 Å². The van der Waals surface area contributed by atoms with Gasteiger partial charge in [0, 0.05) is 5.56 Å². The van der Waals surface area contributed by atoms with Crippen LogP contribution in [0.25, 0.3) is 0 Å². The first-order valence-electron chi connectivity index (χ1n) is 6.94. The minimum atomic E-state index is -1.62. The van der Waals surface area contributed by atoms with E-state index in [0.29, 0.717) is 23.3 Å². The average Bonchev–Trinajstić information content (AvgIpc) is 2.56. The molecule has 1 atom stereocenters. The van der Waals surface area contributed by atoms with Crippen molar-refractivity contribution in [1.29, 1.82) is 5.26 Å². The van der Waals surface area contributed by atoms with Crippen LogP contribution in [-0.2, 0) is 0 Å². The van der Waals surface area contributed by atoms with Gasteiger partial charge in [0.25, 0.3) is 5.91 Å². The minimum absolute atomic E-state index is 0.103. The molecule has 1 unspecified atom stereocenters. The molecule has 0 saturated carbocycles. The third-order valence-electron chi connectivity index (χ3n) is 3.50. The standard InChI is InChI=1S/C17H13F3N2O2/c1-9-4-10(7-21)2-3-12(9)17(24)22-15(8-23)11-5-13(18)16(20)14(19)6-11/h2-6,15,23H,8H2,1H3,(H,22,24). The Hall–Kier alpha value is -2.85. The maximum atomic E-state index is 13.3. The molecule has 2 aromatic rings. The van der Waals surface area contributed by atoms with Crippen molar-refractivity contribution in [3.63, 3.8) is 0 Å². The third-order valence-corrected chi connectivity index (χ3v) is 3.50. The highest BCUT2D eigenvalue weighted by Crippen LogP contribution is 2.20. The van der Waals surface area contributed by atoms with Gasteiger partial charge >= 0.3 is 0 Å². The molecule has 24 heavy (non-hydrogen) atoms. The van der Waals surface area contributed by atoms with Gasteiger partial charge in [-0.3, -0.25) is 4.79 Å². The Balaban J connectivity index is 2.28. The highest BCUT2D eigenvalue weighted by molar-refractivity contribution is 5.96. The van der Waals surface area contributed by atoms with Crippen LogP contribution in [-0.4, -0.2) is 17.6 Å². The fourth-order valence-electron chi connectivity index (χ4n) is 2.23. The number of aryl methyl sites for hydroxylation is 1. The molecule has 4 nitrogen and oxygen atoms in total. The van der Waals surface area contributed by atoms with Gasteiger partial charge in [-0.1, -0.05) is 0 Å². The van der Waals surface area contributed by atoms with Crippen LogP contribution in [0.1, 0.15) is 33.1 Å². The predicted octanol–water partition coefficient (Wildman–Crippen LogP) is 2.75. The maximum absolute atomic E-state index is 13.3. The quantitative estimate of drug-likeness (QED) is 0.845. The first-order valence-corrected chi connectivity index (χ1v) is 6.94. The normalized spacial score (nSPS) is 11.7. The number of aliphatic hydroxyl groups is 1. The molecule has 1 amide bonds. The Morgan fingerprint density at radius 1 is 1.25 bits per heavy atom. The van der Waals surface area contributed by atoms with E-state index >= 15 is 0 Å². The molecule has 2 rings (SSSR count). The molecule has 0 aliphatic rings. The lowest BCUT2D eigenvalue weighted by atomic mass is 10.0. The van der Waals surface area contributed by atoms with Crippen LogP contribution in [0, 0.1) is 35.7 Å². The van der Waals surface area contributed by atoms with E-state index in [1.54, 1.807) is 6.92 Å². The van der Waals surface area contributed by atoms with Gasteiger partial charge in [0.1, 0.15) is 0 Å². The van der Waals surface area contributed by atoms with E-state index in [4.69, 9.17) is 5.26 Å². The molecular formula is C17H13F3N2O2. The largest absolute Gasteiger partial charge is 0.394 e. The van der Waals surface area contributed by atoms with E-state index in [0.717, 1.165) is 0 Å². The first kappa shape index (κ1) is 17.5. The highest BCUT2D eigenvalue weighted by atomic mass is 19.2. The molecule has 2 N–H and O–H groups in total. The molecule has 0 bridgehead atoms. The van der Waals surface area contributed by atoms with Crippen LogP contribution in [0.4, 0.5) is 13.2 Å². The second-order valence-corrected chi connectivity index (χ2v) is 5.15. The van der Waals surface area contributed by atoms with E-state index in [1.165, 1.54) is 18.2 Å². The van der Waals surface area contributed by atoms with Crippen LogP contribution in [0.3, 0.4) is 0 Å². The van der Waals surface area contributed by atoms with Crippen LogP contribution in [0.5, 0.6) is 0 Å². The molecule has 124 valence electrons. The molecule has 0 spiro atoms. The second kappa shape index (κ2) is 7.15. The molecule has 0 radical (unpaired) electrons. The number of hydrogen-bond donors (Lipinski definition) is 2. The van der Waals surface area contributed by atoms with Gasteiger partial charge in [0.05, 0.1) is 24.3 Å². The van der Waals surface area contributed by atoms with Gasteiger partial charge < -0.3 is 10.4 Å². The summed E-state index contributed by atoms with van der Waals surface area (Å²) in [5.74, 6) is -5.04. The summed E-state index contributed by atoms with van der Waals surface area (Å²) in [6.07, 6.45) is 0. The van der Waals surface area contributed by atoms with E-state index in [1.807, 2.05) is 6.07 Å². The van der Waals surface area contributed by atoms with Gasteiger partial charge in [0.15, 0.2) is 17.5 Å². The van der Waals surface area contributed by atoms with Crippen molar-refractivity contribution in [1.82, 2.24) is 5.32 Å². The number of nitriles is 1. The fraction of sp³-hybridized carbons (Fsp3) is 0.176. The summed E-state index contributed by atoms with van der Waals surface area (Å²) < 4.78 is 39.6. The number of halogens is 3. The number of benzene rings is 2. The number of nitrogens with zero attached hydrogens (tertiary/aromatic N) is 1. The van der Waals surface area contributed by atoms with Crippen LogP contribution in [0.15, 0.2) is 30.3 Å². The van der Waals surface area contributed by atoms with Crippen LogP contribution >= 0.6 is 0 Å². The number of rotatable bonds is 4. The zero-order valence-corrected chi connectivity index (χ0v) is 12.6. The van der Waals surface area contributed by atoms with E-state index in [9.17, 15) is 23.1 Å². The SMILES string of the molecule is Cc1cc(C#N)ccc1C(=O)NC(CO)c1cc(F)c(F)c(F)c1. The molecule has 7 heteroatoms. The predicted molar refractivity (Wildman–Crippen MR) is 79.5 cm³/mol. The van der Waals surface area contributed by atoms with E-state index in [2.05, 4.69) is 5.32 Å². The molecular weight excluding hydrogens is 321 g/mol. The lowest BCUT2D eigenvalue weighted by Gasteiger charge is -2.18. The number of hydrogen-bond acceptors (Lipinski definition) is 3. The molecule has 2 aromatic carbocycles. The number of carbonyl (C=O) groups is 1. The molecule has 0 aromatic heterocycles. The minimum Gasteiger partial charge on any atom is -0.394 e. The summed E-state index contributed by atoms with van der Waals surface area (Å²) in [5, 5.41) is 20.6. The molecule has 0 aliphatic carbocycles. The number of amides is 1. The molecule has 0 aliphatic heterocycles. The number of nitrogens with one attached hydrogen (secondary N) is 1. The fourth-order valence-corrected chi connectivity index (χ4v) is 2.23. The van der Waals surface area contributed by atoms with E-state index < -0.39 is 36.0 Å². The van der Waals surface area contributed by atoms with Gasteiger partial charge in [-0.25, -0.2) is 13.2 Å². The zero-order valence-electron chi connectivity index (χ0n) is 12.6. The van der Waals surface area contributed by atoms with Crippen molar-refractivity contribution in [2.75, 3.05) is 6.61 Å². The smallest absolute Gasteiger partial charge is 0.252 e. The summed E-state index contributed by atoms with van der Waals surface area (Å²) in [4.78, 5) is 12.3. The van der Waals surface area contributed by atoms with Crippen LogP contribution < -0.4 is 5.32 Å². The second-order valence-electron chi connectivity index (χ2n) is 5.15. The summed E-state index contributed by atoms with van der Waals surface area (Å²) in [6, 6.07) is 6.65. The number of aliphatic hydroxyl groups excluding tert-OH is 1. The Kier molecular flexibility index (Phi) is 5.21. The Bertz CT molecular complexity index is 808. The maximum Gasteiger partial charge on any atom is 0.252 e. The first-order chi connectivity index (χ1) is 11.4. The van der Waals surface area contributed by atoms with E-state index in [-0.39, 0.29) is 11.1 Å². The van der Waals surface area contributed by atoms with Crippen molar-refractivity contribution in [3.05, 3.63) is 70.0 Å². The summed E-state index contributed by atoms with van der Waals surface area (Å²) in [6.45, 7) is 0.993. The molecule has 0 fully saturated rings. The summed E-state index contributed by atoms with van der Waals surface area (Å²) in [7, 11) is 0. The Morgan fingerprint density at radius 2 is 1.88 bits per heavy atom. The monoisotopic (exact) mass is 334 g/mol. The third kappa shape index (κ3) is 3.55. The summed E-state index contributed by atoms with van der Waals surface area (Å²) >= 11 is 0. The Morgan fingerprint density at radius 3 is 2.38 bits per heavy atom. The molecule has 0 heterocycles. The van der Waals surface area contributed by atoms with Gasteiger partial charge in [0.2, 0.25) is 0 Å². The Labute approximate surface area is 136 Å². The average molecular weight is 334 g/mol. The van der Waals surface area contributed by atoms with Crippen molar-refractivity contribution >= 4 is 5.91 Å². The van der Waals surface area contributed by atoms with Crippen molar-refractivity contribution in [3.8, 4) is 6.07 Å². The van der Waals surface area contributed by atoms with Gasteiger partial charge in [-0.2, -0.15) is 5.26 Å². The lowest BCUT2D eigenvalue weighted by Crippen LogP contribution is -2.31. The van der Waals surface area contributed by atoms with Crippen LogP contribution in [0.2, 0.25) is 0 Å². The van der Waals surface area contributed by atoms with Gasteiger partial charge in [-0.15, -0.1) is 0 Å². The van der Waals surface area contributed by atoms with Crippen molar-refractivity contribution in [2.24, 2.45) is 0 Å². The summed E-state index contributed by atoms with van der Waals surface area (Å²) in [5.41, 5.74) is 1.05. The highest BCUT2D eigenvalue weighted by Gasteiger charge is 2.20. The van der Waals surface area contributed by atoms with Crippen molar-refractivity contribution < 1.29 is 23.1 Å². The topological polar surface area (TPSA) is 73.1 Å². The zero-order chi connectivity index (χ0) is 17.9. The number of carbonyl (C=O) groups excluding carboxylic acids is 1.